The standard InChI is InChI=1S/C34H20N4O.C5H8.2C2H6/c1-3-11-26-23(8-1)32-28(14-6-18-35-32)37(26)21-16-17-31-25(20-21)22-10-5-13-30(34(22)39-31)38-27-12-4-2-9-24(27)33-29(38)15-7-19-36-33;1-3-5-4-2;2*1-2/h1-20H;3-5H,1H2,2H3;2*1-2H3/b;5-4-;;. The molecular weight excluding hydrogens is 589 g/mol. The fraction of sp³-hybridized carbons (Fsp3) is 0.116. The van der Waals surface area contributed by atoms with E-state index in [-0.39, 0.29) is 0 Å². The Hall–Kier alpha value is -5.94. The zero-order valence-electron chi connectivity index (χ0n) is 28.2. The maximum absolute atomic E-state index is 6.59. The van der Waals surface area contributed by atoms with Gasteiger partial charge in [-0.15, -0.1) is 0 Å². The highest BCUT2D eigenvalue weighted by Gasteiger charge is 2.19. The van der Waals surface area contributed by atoms with Crippen LogP contribution in [0.1, 0.15) is 34.6 Å². The summed E-state index contributed by atoms with van der Waals surface area (Å²) in [5, 5.41) is 4.44. The van der Waals surface area contributed by atoms with Crippen LogP contribution in [0, 0.1) is 0 Å². The Bertz CT molecular complexity index is 2440. The number of fused-ring (bicyclic) bond motifs is 9. The summed E-state index contributed by atoms with van der Waals surface area (Å²) in [5.74, 6) is 0. The van der Waals surface area contributed by atoms with Crippen LogP contribution in [0.15, 0.2) is 151 Å². The quantitative estimate of drug-likeness (QED) is 0.183. The van der Waals surface area contributed by atoms with E-state index in [2.05, 4.69) is 113 Å². The van der Waals surface area contributed by atoms with Gasteiger partial charge in [0.2, 0.25) is 0 Å². The van der Waals surface area contributed by atoms with Crippen LogP contribution < -0.4 is 0 Å². The molecule has 5 aromatic heterocycles. The largest absolute Gasteiger partial charge is 0.454 e. The third-order valence-electron chi connectivity index (χ3n) is 8.14. The lowest BCUT2D eigenvalue weighted by Crippen LogP contribution is -1.94. The van der Waals surface area contributed by atoms with E-state index in [0.29, 0.717) is 0 Å². The molecule has 0 bridgehead atoms. The molecule has 0 unspecified atom stereocenters. The Kier molecular flexibility index (Phi) is 9.49. The van der Waals surface area contributed by atoms with E-state index in [1.807, 2.05) is 71.3 Å². The molecule has 5 heterocycles. The molecule has 9 aromatic rings. The Balaban J connectivity index is 0.000000406. The summed E-state index contributed by atoms with van der Waals surface area (Å²) >= 11 is 0. The summed E-state index contributed by atoms with van der Waals surface area (Å²) in [7, 11) is 0. The van der Waals surface area contributed by atoms with Gasteiger partial charge in [0.25, 0.3) is 0 Å². The van der Waals surface area contributed by atoms with Crippen molar-refractivity contribution in [2.24, 2.45) is 0 Å². The Morgan fingerprint density at radius 2 is 1.15 bits per heavy atom. The molecule has 0 radical (unpaired) electrons. The summed E-state index contributed by atoms with van der Waals surface area (Å²) in [6.07, 6.45) is 9.29. The first-order chi connectivity index (χ1) is 23.8. The van der Waals surface area contributed by atoms with Crippen molar-refractivity contribution in [3.8, 4) is 11.4 Å². The van der Waals surface area contributed by atoms with Gasteiger partial charge in [0.1, 0.15) is 5.58 Å². The summed E-state index contributed by atoms with van der Waals surface area (Å²) in [4.78, 5) is 9.41. The number of allylic oxidation sites excluding steroid dienone is 3. The zero-order valence-corrected chi connectivity index (χ0v) is 28.2. The fourth-order valence-corrected chi connectivity index (χ4v) is 6.33. The monoisotopic (exact) mass is 628 g/mol. The van der Waals surface area contributed by atoms with Crippen molar-refractivity contribution in [3.05, 3.63) is 146 Å². The van der Waals surface area contributed by atoms with Gasteiger partial charge in [0.15, 0.2) is 5.58 Å². The van der Waals surface area contributed by atoms with Gasteiger partial charge in [0, 0.05) is 39.6 Å². The second-order valence-corrected chi connectivity index (χ2v) is 10.6. The predicted octanol–water partition coefficient (Wildman–Crippen LogP) is 12.4. The van der Waals surface area contributed by atoms with Crippen molar-refractivity contribution < 1.29 is 4.42 Å². The topological polar surface area (TPSA) is 48.8 Å². The third kappa shape index (κ3) is 5.33. The third-order valence-corrected chi connectivity index (χ3v) is 8.14. The molecule has 48 heavy (non-hydrogen) atoms. The van der Waals surface area contributed by atoms with Crippen LogP contribution in [0.5, 0.6) is 0 Å². The zero-order chi connectivity index (χ0) is 33.6. The minimum absolute atomic E-state index is 0.860. The molecule has 5 heteroatoms. The number of pyridine rings is 2. The van der Waals surface area contributed by atoms with Crippen LogP contribution in [0.2, 0.25) is 0 Å². The SMILES string of the molecule is C=C/C=C\C.CC.CC.c1cc(-n2c3ccccc3c3ncccc32)c2oc3ccc(-n4c5ccccc5c5ncccc54)cc3c2c1. The van der Waals surface area contributed by atoms with Gasteiger partial charge in [0.05, 0.1) is 38.8 Å². The molecule has 0 spiro atoms. The molecule has 5 nitrogen and oxygen atoms in total. The summed E-state index contributed by atoms with van der Waals surface area (Å²) in [6, 6.07) is 37.9. The van der Waals surface area contributed by atoms with Crippen LogP contribution in [0.4, 0.5) is 0 Å². The number of nitrogens with zero attached hydrogens (tertiary/aromatic N) is 4. The van der Waals surface area contributed by atoms with E-state index in [9.17, 15) is 0 Å². The highest BCUT2D eigenvalue weighted by atomic mass is 16.3. The maximum atomic E-state index is 6.59. The highest BCUT2D eigenvalue weighted by molar-refractivity contribution is 6.12. The first-order valence-electron chi connectivity index (χ1n) is 16.7. The number of para-hydroxylation sites is 3. The predicted molar refractivity (Wildman–Crippen MR) is 206 cm³/mol. The Morgan fingerprint density at radius 3 is 1.75 bits per heavy atom. The molecule has 238 valence electrons. The highest BCUT2D eigenvalue weighted by Crippen LogP contribution is 2.39. The van der Waals surface area contributed by atoms with Crippen molar-refractivity contribution in [2.45, 2.75) is 34.6 Å². The van der Waals surface area contributed by atoms with Gasteiger partial charge in [-0.05, 0) is 67.6 Å². The number of hydrogen-bond donors (Lipinski definition) is 0. The molecule has 4 aromatic carbocycles. The molecule has 0 amide bonds. The van der Waals surface area contributed by atoms with E-state index in [1.54, 1.807) is 6.08 Å². The van der Waals surface area contributed by atoms with Gasteiger partial charge in [-0.3, -0.25) is 9.97 Å². The minimum Gasteiger partial charge on any atom is -0.454 e. The van der Waals surface area contributed by atoms with Gasteiger partial charge in [-0.1, -0.05) is 101 Å². The minimum atomic E-state index is 0.860. The molecule has 0 atom stereocenters. The molecule has 0 saturated carbocycles. The first kappa shape index (κ1) is 32.0. The van der Waals surface area contributed by atoms with Gasteiger partial charge >= 0.3 is 0 Å². The number of benzene rings is 4. The Labute approximate surface area is 281 Å². The van der Waals surface area contributed by atoms with Crippen LogP contribution in [0.25, 0.3) is 77.2 Å². The summed E-state index contributed by atoms with van der Waals surface area (Å²) < 4.78 is 11.1. The van der Waals surface area contributed by atoms with Crippen LogP contribution in [-0.4, -0.2) is 19.1 Å². The van der Waals surface area contributed by atoms with E-state index in [1.165, 1.54) is 0 Å². The molecule has 9 rings (SSSR count). The number of furan rings is 1. The van der Waals surface area contributed by atoms with Gasteiger partial charge in [-0.2, -0.15) is 0 Å². The summed E-state index contributed by atoms with van der Waals surface area (Å²) in [5.41, 5.74) is 10.2. The van der Waals surface area contributed by atoms with E-state index >= 15 is 0 Å². The second kappa shape index (κ2) is 14.2. The molecule has 0 aliphatic carbocycles. The number of hydrogen-bond acceptors (Lipinski definition) is 3. The molecule has 0 N–H and O–H groups in total. The average molecular weight is 629 g/mol. The van der Waals surface area contributed by atoms with Crippen LogP contribution in [-0.2, 0) is 0 Å². The second-order valence-electron chi connectivity index (χ2n) is 10.6. The van der Waals surface area contributed by atoms with Crippen molar-refractivity contribution in [2.75, 3.05) is 0 Å². The lowest BCUT2D eigenvalue weighted by atomic mass is 10.1. The molecular formula is C43H40N4O. The van der Waals surface area contributed by atoms with Crippen molar-refractivity contribution in [3.63, 3.8) is 0 Å². The van der Waals surface area contributed by atoms with E-state index < -0.39 is 0 Å². The lowest BCUT2D eigenvalue weighted by molar-refractivity contribution is 0.666. The normalized spacial score (nSPS) is 11.0. The van der Waals surface area contributed by atoms with Gasteiger partial charge in [-0.25, -0.2) is 0 Å². The first-order valence-corrected chi connectivity index (χ1v) is 16.7. The number of rotatable bonds is 3. The Morgan fingerprint density at radius 1 is 0.583 bits per heavy atom. The summed E-state index contributed by atoms with van der Waals surface area (Å²) in [6.45, 7) is 13.4. The van der Waals surface area contributed by atoms with E-state index in [0.717, 1.165) is 77.2 Å². The van der Waals surface area contributed by atoms with Crippen LogP contribution in [0.3, 0.4) is 0 Å². The van der Waals surface area contributed by atoms with Crippen molar-refractivity contribution >= 4 is 65.8 Å². The van der Waals surface area contributed by atoms with E-state index in [4.69, 9.17) is 14.4 Å². The van der Waals surface area contributed by atoms with Crippen LogP contribution >= 0.6 is 0 Å². The molecule has 0 fully saturated rings. The van der Waals surface area contributed by atoms with Gasteiger partial charge < -0.3 is 13.6 Å². The van der Waals surface area contributed by atoms with Crippen molar-refractivity contribution in [1.29, 1.82) is 0 Å². The fourth-order valence-electron chi connectivity index (χ4n) is 6.33. The average Bonchev–Trinajstić information content (AvgIpc) is 3.81. The molecule has 0 saturated heterocycles. The maximum Gasteiger partial charge on any atom is 0.159 e. The molecule has 0 aliphatic rings. The number of aromatic nitrogens is 4. The molecule has 0 aliphatic heterocycles. The smallest absolute Gasteiger partial charge is 0.159 e. The van der Waals surface area contributed by atoms with Crippen molar-refractivity contribution in [1.82, 2.24) is 19.1 Å². The lowest BCUT2D eigenvalue weighted by Gasteiger charge is -2.08.